The first-order valence-corrected chi connectivity index (χ1v) is 7.87. The van der Waals surface area contributed by atoms with Crippen molar-refractivity contribution in [2.45, 2.75) is 51.7 Å². The van der Waals surface area contributed by atoms with Crippen molar-refractivity contribution in [2.24, 2.45) is 0 Å². The lowest BCUT2D eigenvalue weighted by atomic mass is 9.93. The lowest BCUT2D eigenvalue weighted by Gasteiger charge is -2.30. The Bertz CT molecular complexity index is 492. The molecule has 0 radical (unpaired) electrons. The number of β-amino-alcohol motifs (C(OH)–C–C–N with tert-alkyl or cyclic N) is 1. The van der Waals surface area contributed by atoms with Gasteiger partial charge in [0.1, 0.15) is 5.75 Å². The number of aliphatic hydroxyl groups is 1. The van der Waals surface area contributed by atoms with Gasteiger partial charge in [-0.05, 0) is 51.0 Å². The van der Waals surface area contributed by atoms with Gasteiger partial charge in [-0.2, -0.15) is 0 Å². The normalized spacial score (nSPS) is 17.5. The van der Waals surface area contributed by atoms with Gasteiger partial charge in [-0.15, -0.1) is 0 Å². The second-order valence-corrected chi connectivity index (χ2v) is 7.84. The van der Waals surface area contributed by atoms with Gasteiger partial charge in [-0.1, -0.05) is 15.9 Å². The number of benzene rings is 1. The zero-order valence-corrected chi connectivity index (χ0v) is 14.3. The Hall–Kier alpha value is -0.580. The zero-order chi connectivity index (χ0) is 15.0. The van der Waals surface area contributed by atoms with Crippen molar-refractivity contribution in [3.8, 4) is 5.75 Å². The standard InChI is InChI=1S/C16H24BrNO2/c1-15(2,3)18-10-16(4,19)9-12-8-13(17)7-11-5-6-20-14(11)12/h7-8,18-19H,5-6,9-10H2,1-4H3. The van der Waals surface area contributed by atoms with E-state index in [1.807, 2.05) is 6.92 Å². The Morgan fingerprint density at radius 2 is 2.00 bits per heavy atom. The Kier molecular flexibility index (Phi) is 4.47. The van der Waals surface area contributed by atoms with E-state index < -0.39 is 5.60 Å². The molecule has 0 bridgehead atoms. The SMILES string of the molecule is CC(O)(CNC(C)(C)C)Cc1cc(Br)cc2c1OCC2. The van der Waals surface area contributed by atoms with Crippen LogP contribution >= 0.6 is 15.9 Å². The van der Waals surface area contributed by atoms with Gasteiger partial charge in [0.05, 0.1) is 12.2 Å². The van der Waals surface area contributed by atoms with Crippen LogP contribution in [0.25, 0.3) is 0 Å². The molecule has 4 heteroatoms. The molecule has 1 aliphatic rings. The molecule has 0 aliphatic carbocycles. The van der Waals surface area contributed by atoms with Crippen LogP contribution in [-0.2, 0) is 12.8 Å². The molecule has 0 aromatic heterocycles. The summed E-state index contributed by atoms with van der Waals surface area (Å²) in [7, 11) is 0. The van der Waals surface area contributed by atoms with E-state index in [2.05, 4.69) is 54.2 Å². The lowest BCUT2D eigenvalue weighted by molar-refractivity contribution is 0.0528. The highest BCUT2D eigenvalue weighted by Gasteiger charge is 2.27. The third-order valence-electron chi connectivity index (χ3n) is 3.40. The van der Waals surface area contributed by atoms with Crippen LogP contribution in [0.15, 0.2) is 16.6 Å². The summed E-state index contributed by atoms with van der Waals surface area (Å²) in [4.78, 5) is 0. The maximum absolute atomic E-state index is 10.6. The minimum atomic E-state index is -0.798. The average Bonchev–Trinajstić information content (AvgIpc) is 2.73. The van der Waals surface area contributed by atoms with Crippen molar-refractivity contribution >= 4 is 15.9 Å². The summed E-state index contributed by atoms with van der Waals surface area (Å²) in [6.45, 7) is 9.46. The van der Waals surface area contributed by atoms with Crippen LogP contribution < -0.4 is 10.1 Å². The number of rotatable bonds is 4. The number of hydrogen-bond acceptors (Lipinski definition) is 3. The van der Waals surface area contributed by atoms with Crippen molar-refractivity contribution < 1.29 is 9.84 Å². The molecule has 1 heterocycles. The Morgan fingerprint density at radius 3 is 2.65 bits per heavy atom. The molecular formula is C16H24BrNO2. The fourth-order valence-electron chi connectivity index (χ4n) is 2.41. The highest BCUT2D eigenvalue weighted by atomic mass is 79.9. The smallest absolute Gasteiger partial charge is 0.125 e. The van der Waals surface area contributed by atoms with E-state index in [0.717, 1.165) is 28.8 Å². The molecule has 1 aromatic carbocycles. The fourth-order valence-corrected chi connectivity index (χ4v) is 2.96. The molecule has 2 rings (SSSR count). The van der Waals surface area contributed by atoms with Crippen LogP contribution in [0.3, 0.4) is 0 Å². The van der Waals surface area contributed by atoms with Gasteiger partial charge < -0.3 is 15.2 Å². The molecule has 0 saturated carbocycles. The second-order valence-electron chi connectivity index (χ2n) is 6.93. The first-order valence-electron chi connectivity index (χ1n) is 7.08. The molecule has 3 nitrogen and oxygen atoms in total. The van der Waals surface area contributed by atoms with Crippen molar-refractivity contribution in [1.29, 1.82) is 0 Å². The Balaban J connectivity index is 2.13. The van der Waals surface area contributed by atoms with Gasteiger partial charge in [-0.25, -0.2) is 0 Å². The molecule has 0 amide bonds. The third kappa shape index (κ3) is 4.21. The van der Waals surface area contributed by atoms with E-state index >= 15 is 0 Å². The molecule has 20 heavy (non-hydrogen) atoms. The van der Waals surface area contributed by atoms with E-state index in [0.29, 0.717) is 13.0 Å². The monoisotopic (exact) mass is 341 g/mol. The van der Waals surface area contributed by atoms with E-state index in [9.17, 15) is 5.11 Å². The molecule has 112 valence electrons. The summed E-state index contributed by atoms with van der Waals surface area (Å²) >= 11 is 3.54. The van der Waals surface area contributed by atoms with E-state index in [1.165, 1.54) is 5.56 Å². The lowest BCUT2D eigenvalue weighted by Crippen LogP contribution is -2.47. The van der Waals surface area contributed by atoms with E-state index in [1.54, 1.807) is 0 Å². The largest absolute Gasteiger partial charge is 0.493 e. The van der Waals surface area contributed by atoms with Crippen molar-refractivity contribution in [3.63, 3.8) is 0 Å². The molecule has 1 aliphatic heterocycles. The quantitative estimate of drug-likeness (QED) is 0.884. The maximum Gasteiger partial charge on any atom is 0.125 e. The van der Waals surface area contributed by atoms with Gasteiger partial charge in [0.2, 0.25) is 0 Å². The van der Waals surface area contributed by atoms with E-state index in [-0.39, 0.29) is 5.54 Å². The van der Waals surface area contributed by atoms with Crippen LogP contribution in [-0.4, -0.2) is 29.4 Å². The van der Waals surface area contributed by atoms with Crippen LogP contribution in [0.2, 0.25) is 0 Å². The van der Waals surface area contributed by atoms with Gasteiger partial charge in [-0.3, -0.25) is 0 Å². The first-order chi connectivity index (χ1) is 9.16. The number of hydrogen-bond donors (Lipinski definition) is 2. The Labute approximate surface area is 129 Å². The van der Waals surface area contributed by atoms with Crippen LogP contribution in [0.5, 0.6) is 5.75 Å². The molecule has 0 saturated heterocycles. The van der Waals surface area contributed by atoms with Crippen molar-refractivity contribution in [1.82, 2.24) is 5.32 Å². The topological polar surface area (TPSA) is 41.5 Å². The molecule has 0 spiro atoms. The number of nitrogens with one attached hydrogen (secondary N) is 1. The predicted molar refractivity (Wildman–Crippen MR) is 85.4 cm³/mol. The maximum atomic E-state index is 10.6. The molecule has 2 N–H and O–H groups in total. The van der Waals surface area contributed by atoms with Crippen molar-refractivity contribution in [2.75, 3.05) is 13.2 Å². The summed E-state index contributed by atoms with van der Waals surface area (Å²) in [5, 5.41) is 14.0. The van der Waals surface area contributed by atoms with Gasteiger partial charge in [0.15, 0.2) is 0 Å². The van der Waals surface area contributed by atoms with Crippen LogP contribution in [0.4, 0.5) is 0 Å². The molecule has 1 unspecified atom stereocenters. The highest BCUT2D eigenvalue weighted by molar-refractivity contribution is 9.10. The second kappa shape index (κ2) is 5.66. The predicted octanol–water partition coefficient (Wildman–Crippen LogP) is 3.07. The zero-order valence-electron chi connectivity index (χ0n) is 12.7. The van der Waals surface area contributed by atoms with E-state index in [4.69, 9.17) is 4.74 Å². The summed E-state index contributed by atoms with van der Waals surface area (Å²) in [5.41, 5.74) is 1.51. The molecule has 1 aromatic rings. The van der Waals surface area contributed by atoms with Crippen molar-refractivity contribution in [3.05, 3.63) is 27.7 Å². The van der Waals surface area contributed by atoms with Gasteiger partial charge in [0.25, 0.3) is 0 Å². The molecule has 1 atom stereocenters. The minimum Gasteiger partial charge on any atom is -0.493 e. The molecule has 0 fully saturated rings. The van der Waals surface area contributed by atoms with Gasteiger partial charge in [0, 0.05) is 29.4 Å². The third-order valence-corrected chi connectivity index (χ3v) is 3.85. The van der Waals surface area contributed by atoms with Crippen LogP contribution in [0.1, 0.15) is 38.8 Å². The first kappa shape index (κ1) is 15.8. The van der Waals surface area contributed by atoms with Gasteiger partial charge >= 0.3 is 0 Å². The van der Waals surface area contributed by atoms with Crippen LogP contribution in [0, 0.1) is 0 Å². The highest BCUT2D eigenvalue weighted by Crippen LogP contribution is 2.34. The Morgan fingerprint density at radius 1 is 1.30 bits per heavy atom. The average molecular weight is 342 g/mol. The number of ether oxygens (including phenoxy) is 1. The summed E-state index contributed by atoms with van der Waals surface area (Å²) < 4.78 is 6.78. The fraction of sp³-hybridized carbons (Fsp3) is 0.625. The summed E-state index contributed by atoms with van der Waals surface area (Å²) in [5.74, 6) is 0.962. The number of fused-ring (bicyclic) bond motifs is 1. The summed E-state index contributed by atoms with van der Waals surface area (Å²) in [6.07, 6.45) is 1.53. The number of halogens is 1. The molecular weight excluding hydrogens is 318 g/mol. The minimum absolute atomic E-state index is 0.000289. The summed E-state index contributed by atoms with van der Waals surface area (Å²) in [6, 6.07) is 4.16.